The van der Waals surface area contributed by atoms with Crippen LogP contribution < -0.4 is 5.32 Å². The second-order valence-electron chi connectivity index (χ2n) is 4.07. The van der Waals surface area contributed by atoms with Gasteiger partial charge in [-0.1, -0.05) is 0 Å². The van der Waals surface area contributed by atoms with Crippen LogP contribution in [0.4, 0.5) is 4.79 Å². The first-order valence-electron chi connectivity index (χ1n) is 6.33. The Kier molecular flexibility index (Phi) is 10.7. The predicted octanol–water partition coefficient (Wildman–Crippen LogP) is -0.219. The average Bonchev–Trinajstić information content (AvgIpc) is 2.42. The Morgan fingerprint density at radius 1 is 1.15 bits per heavy atom. The lowest BCUT2D eigenvalue weighted by atomic mass is 10.3. The third-order valence-electron chi connectivity index (χ3n) is 2.63. The fraction of sp³-hybridized carbons (Fsp3) is 0.833. The van der Waals surface area contributed by atoms with Gasteiger partial charge >= 0.3 is 12.0 Å². The summed E-state index contributed by atoms with van der Waals surface area (Å²) < 4.78 is 14.6. The molecule has 0 bridgehead atoms. The van der Waals surface area contributed by atoms with Gasteiger partial charge in [-0.25, -0.2) is 9.59 Å². The molecule has 0 aliphatic heterocycles. The van der Waals surface area contributed by atoms with E-state index in [2.05, 4.69) is 5.32 Å². The summed E-state index contributed by atoms with van der Waals surface area (Å²) in [7, 11) is 4.43. The summed E-state index contributed by atoms with van der Waals surface area (Å²) >= 11 is 0. The zero-order valence-corrected chi connectivity index (χ0v) is 12.3. The van der Waals surface area contributed by atoms with Crippen molar-refractivity contribution >= 4 is 12.0 Å². The molecule has 118 valence electrons. The number of hydrogen-bond donors (Lipinski definition) is 2. The van der Waals surface area contributed by atoms with E-state index in [1.54, 1.807) is 19.1 Å². The van der Waals surface area contributed by atoms with Crippen molar-refractivity contribution in [1.29, 1.82) is 0 Å². The van der Waals surface area contributed by atoms with E-state index in [4.69, 9.17) is 19.3 Å². The van der Waals surface area contributed by atoms with Gasteiger partial charge in [0.05, 0.1) is 13.2 Å². The standard InChI is InChI=1S/C12H24N2O6/c1-18-7-4-5-14(6-8-19-2)12(17)13-9-10(20-3)11(15)16/h10H,4-9H2,1-3H3,(H,13,17)(H,15,16). The highest BCUT2D eigenvalue weighted by atomic mass is 16.5. The summed E-state index contributed by atoms with van der Waals surface area (Å²) in [5.41, 5.74) is 0. The number of carboxylic acid groups (broad SMARTS) is 1. The molecular weight excluding hydrogens is 268 g/mol. The lowest BCUT2D eigenvalue weighted by molar-refractivity contribution is -0.148. The molecule has 0 saturated heterocycles. The largest absolute Gasteiger partial charge is 0.479 e. The number of ether oxygens (including phenoxy) is 3. The van der Waals surface area contributed by atoms with E-state index in [1.165, 1.54) is 7.11 Å². The van der Waals surface area contributed by atoms with Crippen molar-refractivity contribution in [1.82, 2.24) is 10.2 Å². The van der Waals surface area contributed by atoms with E-state index in [-0.39, 0.29) is 12.6 Å². The number of urea groups is 1. The lowest BCUT2D eigenvalue weighted by Crippen LogP contribution is -2.46. The van der Waals surface area contributed by atoms with Gasteiger partial charge < -0.3 is 29.5 Å². The van der Waals surface area contributed by atoms with Crippen LogP contribution in [0.3, 0.4) is 0 Å². The molecule has 0 aromatic heterocycles. The van der Waals surface area contributed by atoms with E-state index < -0.39 is 12.1 Å². The molecule has 0 fully saturated rings. The smallest absolute Gasteiger partial charge is 0.334 e. The molecule has 0 saturated carbocycles. The summed E-state index contributed by atoms with van der Waals surface area (Å²) in [4.78, 5) is 24.3. The number of nitrogens with zero attached hydrogens (tertiary/aromatic N) is 1. The van der Waals surface area contributed by atoms with Gasteiger partial charge in [0.15, 0.2) is 6.10 Å². The first kappa shape index (κ1) is 18.6. The summed E-state index contributed by atoms with van der Waals surface area (Å²) in [6.45, 7) is 1.81. The normalized spacial score (nSPS) is 11.9. The Morgan fingerprint density at radius 2 is 1.80 bits per heavy atom. The van der Waals surface area contributed by atoms with Gasteiger partial charge in [-0.15, -0.1) is 0 Å². The van der Waals surface area contributed by atoms with Crippen molar-refractivity contribution in [3.63, 3.8) is 0 Å². The maximum Gasteiger partial charge on any atom is 0.334 e. The fourth-order valence-electron chi connectivity index (χ4n) is 1.48. The van der Waals surface area contributed by atoms with E-state index in [0.717, 1.165) is 0 Å². The van der Waals surface area contributed by atoms with E-state index in [9.17, 15) is 9.59 Å². The monoisotopic (exact) mass is 292 g/mol. The number of carboxylic acids is 1. The number of carbonyl (C=O) groups is 2. The fourth-order valence-corrected chi connectivity index (χ4v) is 1.48. The SMILES string of the molecule is COCCCN(CCOC)C(=O)NCC(OC)C(=O)O. The molecule has 0 aliphatic rings. The number of rotatable bonds is 11. The molecule has 0 aliphatic carbocycles. The average molecular weight is 292 g/mol. The molecule has 0 heterocycles. The van der Waals surface area contributed by atoms with Crippen LogP contribution in [0.25, 0.3) is 0 Å². The maximum absolute atomic E-state index is 12.0. The molecule has 0 rings (SSSR count). The minimum atomic E-state index is -1.12. The van der Waals surface area contributed by atoms with Gasteiger partial charge in [-0.3, -0.25) is 0 Å². The summed E-state index contributed by atoms with van der Waals surface area (Å²) in [5, 5.41) is 11.3. The van der Waals surface area contributed by atoms with Crippen LogP contribution in [-0.4, -0.2) is 82.3 Å². The van der Waals surface area contributed by atoms with Crippen molar-refractivity contribution in [3.05, 3.63) is 0 Å². The lowest BCUT2D eigenvalue weighted by Gasteiger charge is -2.23. The number of methoxy groups -OCH3 is 3. The van der Waals surface area contributed by atoms with Crippen molar-refractivity contribution in [2.24, 2.45) is 0 Å². The van der Waals surface area contributed by atoms with Gasteiger partial charge in [0.1, 0.15) is 0 Å². The van der Waals surface area contributed by atoms with Crippen molar-refractivity contribution < 1.29 is 28.9 Å². The molecule has 1 unspecified atom stereocenters. The number of aliphatic carboxylic acids is 1. The second-order valence-corrected chi connectivity index (χ2v) is 4.07. The van der Waals surface area contributed by atoms with Crippen LogP contribution in [0.5, 0.6) is 0 Å². The predicted molar refractivity (Wildman–Crippen MR) is 71.8 cm³/mol. The van der Waals surface area contributed by atoms with E-state index >= 15 is 0 Å². The van der Waals surface area contributed by atoms with Gasteiger partial charge in [0, 0.05) is 41.0 Å². The highest BCUT2D eigenvalue weighted by Gasteiger charge is 2.19. The molecule has 20 heavy (non-hydrogen) atoms. The van der Waals surface area contributed by atoms with Crippen LogP contribution in [0.2, 0.25) is 0 Å². The highest BCUT2D eigenvalue weighted by molar-refractivity contribution is 5.77. The molecule has 0 aromatic rings. The first-order valence-corrected chi connectivity index (χ1v) is 6.33. The highest BCUT2D eigenvalue weighted by Crippen LogP contribution is 1.96. The number of nitrogens with one attached hydrogen (secondary N) is 1. The van der Waals surface area contributed by atoms with E-state index in [1.807, 2.05) is 0 Å². The summed E-state index contributed by atoms with van der Waals surface area (Å²) in [6.07, 6.45) is -0.359. The molecule has 0 radical (unpaired) electrons. The number of hydrogen-bond acceptors (Lipinski definition) is 5. The maximum atomic E-state index is 12.0. The first-order chi connectivity index (χ1) is 9.56. The van der Waals surface area contributed by atoms with Crippen LogP contribution in [0, 0.1) is 0 Å². The molecule has 0 spiro atoms. The topological polar surface area (TPSA) is 97.3 Å². The minimum absolute atomic E-state index is 0.0849. The molecule has 2 amide bonds. The van der Waals surface area contributed by atoms with Crippen LogP contribution in [0.15, 0.2) is 0 Å². The summed E-state index contributed by atoms with van der Waals surface area (Å²) in [6, 6.07) is -0.346. The van der Waals surface area contributed by atoms with Crippen molar-refractivity contribution in [2.45, 2.75) is 12.5 Å². The molecule has 8 heteroatoms. The Bertz CT molecular complexity index is 287. The molecule has 1 atom stereocenters. The van der Waals surface area contributed by atoms with Crippen LogP contribution in [-0.2, 0) is 19.0 Å². The van der Waals surface area contributed by atoms with Crippen LogP contribution in [0.1, 0.15) is 6.42 Å². The van der Waals surface area contributed by atoms with Crippen molar-refractivity contribution in [3.8, 4) is 0 Å². The zero-order chi connectivity index (χ0) is 15.4. The Balaban J connectivity index is 4.26. The third kappa shape index (κ3) is 7.93. The Labute approximate surface area is 119 Å². The van der Waals surface area contributed by atoms with Gasteiger partial charge in [0.2, 0.25) is 0 Å². The molecule has 0 aromatic carbocycles. The molecular formula is C12H24N2O6. The molecule has 2 N–H and O–H groups in total. The van der Waals surface area contributed by atoms with Crippen LogP contribution >= 0.6 is 0 Å². The number of amides is 2. The Hall–Kier alpha value is -1.38. The summed E-state index contributed by atoms with van der Waals surface area (Å²) in [5.74, 6) is -1.12. The quantitative estimate of drug-likeness (QED) is 0.511. The molecule has 8 nitrogen and oxygen atoms in total. The van der Waals surface area contributed by atoms with Gasteiger partial charge in [-0.2, -0.15) is 0 Å². The third-order valence-corrected chi connectivity index (χ3v) is 2.63. The Morgan fingerprint density at radius 3 is 2.30 bits per heavy atom. The van der Waals surface area contributed by atoms with Gasteiger partial charge in [0.25, 0.3) is 0 Å². The number of carbonyl (C=O) groups excluding carboxylic acids is 1. The zero-order valence-electron chi connectivity index (χ0n) is 12.3. The van der Waals surface area contributed by atoms with Crippen molar-refractivity contribution in [2.75, 3.05) is 54.2 Å². The van der Waals surface area contributed by atoms with Gasteiger partial charge in [-0.05, 0) is 6.42 Å². The second kappa shape index (κ2) is 11.4. The minimum Gasteiger partial charge on any atom is -0.479 e. The van der Waals surface area contributed by atoms with E-state index in [0.29, 0.717) is 32.7 Å².